The summed E-state index contributed by atoms with van der Waals surface area (Å²) in [5, 5.41) is 31.8. The van der Waals surface area contributed by atoms with E-state index in [2.05, 4.69) is 10.5 Å². The summed E-state index contributed by atoms with van der Waals surface area (Å²) in [5.74, 6) is -5.30. The van der Waals surface area contributed by atoms with E-state index in [0.717, 1.165) is 17.5 Å². The second kappa shape index (κ2) is 13.6. The van der Waals surface area contributed by atoms with E-state index in [1.54, 1.807) is 19.0 Å². The van der Waals surface area contributed by atoms with Crippen molar-refractivity contribution in [1.29, 1.82) is 0 Å². The number of fused-ring (bicyclic) bond motifs is 4. The Bertz CT molecular complexity index is 2130. The molecule has 2 heterocycles. The van der Waals surface area contributed by atoms with Crippen LogP contribution in [0.3, 0.4) is 0 Å². The smallest absolute Gasteiger partial charge is 0.507 e. The Kier molecular flexibility index (Phi) is 9.02. The highest BCUT2D eigenvalue weighted by molar-refractivity contribution is 6.26. The third-order valence-electron chi connectivity index (χ3n) is 11.0. The molecule has 3 N–H and O–H groups in total. The van der Waals surface area contributed by atoms with Gasteiger partial charge in [-0.3, -0.25) is 14.5 Å². The molecule has 3 aromatic carbocycles. The van der Waals surface area contributed by atoms with Gasteiger partial charge in [0.05, 0.1) is 11.6 Å². The zero-order chi connectivity index (χ0) is 37.9. The van der Waals surface area contributed by atoms with Crippen LogP contribution in [-0.2, 0) is 24.4 Å². The maximum atomic E-state index is 14.8. The number of aliphatic hydroxyl groups is 2. The number of Topliss-reactive ketones (excluding diaryl/α,β-unsaturated/α-hetero) is 2. The van der Waals surface area contributed by atoms with Crippen LogP contribution in [0.25, 0.3) is 5.76 Å². The molecule has 54 heavy (non-hydrogen) atoms. The van der Waals surface area contributed by atoms with Gasteiger partial charge in [0.1, 0.15) is 36.0 Å². The summed E-state index contributed by atoms with van der Waals surface area (Å²) in [6, 6.07) is 18.2. The third-order valence-corrected chi connectivity index (χ3v) is 11.0. The van der Waals surface area contributed by atoms with Crippen LogP contribution >= 0.6 is 0 Å². The molecular weight excluding hydrogens is 707 g/mol. The highest BCUT2D eigenvalue weighted by Crippen LogP contribution is 2.57. The minimum atomic E-state index is -5.08. The summed E-state index contributed by atoms with van der Waals surface area (Å²) in [7, 11) is 3.38. The SMILES string of the molecule is CN(C)[C@@H]1c2onc(OCc3ccccc3)c2C(=O)[C@@]2(O)C(=O)C3=C(O)c4c(OCc5ccccc5)cc(C5CCCN5)c(OC(F)(F)F)c4C[C@H]3C[C@@H]12. The van der Waals surface area contributed by atoms with Gasteiger partial charge in [-0.2, -0.15) is 0 Å². The van der Waals surface area contributed by atoms with Gasteiger partial charge in [-0.05, 0) is 74.6 Å². The molecule has 0 spiro atoms. The molecule has 8 rings (SSSR count). The first-order chi connectivity index (χ1) is 25.9. The number of hydrogen-bond donors (Lipinski definition) is 3. The van der Waals surface area contributed by atoms with Gasteiger partial charge in [-0.15, -0.1) is 13.2 Å². The van der Waals surface area contributed by atoms with Crippen LogP contribution in [0.4, 0.5) is 13.2 Å². The van der Waals surface area contributed by atoms with E-state index in [1.165, 1.54) is 6.07 Å². The van der Waals surface area contributed by atoms with E-state index in [9.17, 15) is 33.0 Å². The average molecular weight is 746 g/mol. The summed E-state index contributed by atoms with van der Waals surface area (Å²) in [6.45, 7) is 0.608. The van der Waals surface area contributed by atoms with Gasteiger partial charge >= 0.3 is 6.36 Å². The minimum absolute atomic E-state index is 0.00130. The van der Waals surface area contributed by atoms with Crippen LogP contribution in [0.2, 0.25) is 0 Å². The molecule has 282 valence electrons. The molecule has 4 aliphatic rings. The van der Waals surface area contributed by atoms with Gasteiger partial charge in [-0.1, -0.05) is 60.7 Å². The zero-order valence-electron chi connectivity index (χ0n) is 29.5. The molecule has 4 aromatic rings. The first-order valence-electron chi connectivity index (χ1n) is 17.8. The number of alkyl halides is 3. The Hall–Kier alpha value is -5.18. The third kappa shape index (κ3) is 6.02. The number of aliphatic hydroxyl groups excluding tert-OH is 1. The summed E-state index contributed by atoms with van der Waals surface area (Å²) in [5.41, 5.74) is -1.54. The Morgan fingerprint density at radius 3 is 2.26 bits per heavy atom. The van der Waals surface area contributed by atoms with Gasteiger partial charge in [0.15, 0.2) is 11.4 Å². The quantitative estimate of drug-likeness (QED) is 0.164. The molecule has 14 heteroatoms. The van der Waals surface area contributed by atoms with Gasteiger partial charge in [0.25, 0.3) is 5.88 Å². The molecule has 1 aromatic heterocycles. The lowest BCUT2D eigenvalue weighted by molar-refractivity contribution is -0.275. The Morgan fingerprint density at radius 2 is 1.65 bits per heavy atom. The molecule has 3 aliphatic carbocycles. The van der Waals surface area contributed by atoms with E-state index >= 15 is 0 Å². The molecule has 11 nitrogen and oxygen atoms in total. The largest absolute Gasteiger partial charge is 0.573 e. The summed E-state index contributed by atoms with van der Waals surface area (Å²) in [4.78, 5) is 30.9. The molecule has 1 unspecified atom stereocenters. The monoisotopic (exact) mass is 745 g/mol. The Balaban J connectivity index is 1.26. The lowest BCUT2D eigenvalue weighted by Crippen LogP contribution is -2.63. The number of benzene rings is 3. The van der Waals surface area contributed by atoms with Crippen LogP contribution in [0.15, 0.2) is 76.8 Å². The average Bonchev–Trinajstić information content (AvgIpc) is 3.83. The van der Waals surface area contributed by atoms with Crippen LogP contribution in [-0.4, -0.2) is 64.4 Å². The second-order valence-electron chi connectivity index (χ2n) is 14.5. The van der Waals surface area contributed by atoms with Crippen molar-refractivity contribution >= 4 is 17.3 Å². The fraction of sp³-hybridized carbons (Fsp3) is 0.375. The van der Waals surface area contributed by atoms with E-state index in [0.29, 0.717) is 13.0 Å². The number of carbonyl (C=O) groups excluding carboxylic acids is 2. The van der Waals surface area contributed by atoms with Crippen molar-refractivity contribution in [3.05, 3.63) is 111 Å². The highest BCUT2D eigenvalue weighted by Gasteiger charge is 2.65. The van der Waals surface area contributed by atoms with Crippen LogP contribution in [0, 0.1) is 11.8 Å². The maximum absolute atomic E-state index is 14.8. The second-order valence-corrected chi connectivity index (χ2v) is 14.5. The number of ether oxygens (including phenoxy) is 3. The molecule has 1 saturated carbocycles. The summed E-state index contributed by atoms with van der Waals surface area (Å²) < 4.78 is 65.1. The number of carbonyl (C=O) groups is 2. The van der Waals surface area contributed by atoms with Gasteiger partial charge in [-0.25, -0.2) is 0 Å². The molecular formula is C40H38F3N3O8. The number of halogens is 3. The van der Waals surface area contributed by atoms with Crippen LogP contribution in [0.5, 0.6) is 17.4 Å². The summed E-state index contributed by atoms with van der Waals surface area (Å²) in [6.07, 6.45) is -4.07. The fourth-order valence-corrected chi connectivity index (χ4v) is 8.60. The van der Waals surface area contributed by atoms with Crippen molar-refractivity contribution in [3.63, 3.8) is 0 Å². The maximum Gasteiger partial charge on any atom is 0.573 e. The van der Waals surface area contributed by atoms with Crippen molar-refractivity contribution in [1.82, 2.24) is 15.4 Å². The Labute approximate surface area is 308 Å². The number of hydrogen-bond acceptors (Lipinski definition) is 11. The van der Waals surface area contributed by atoms with Crippen molar-refractivity contribution in [3.8, 4) is 17.4 Å². The molecule has 1 aliphatic heterocycles. The van der Waals surface area contributed by atoms with Crippen LogP contribution < -0.4 is 19.5 Å². The number of nitrogens with one attached hydrogen (secondary N) is 1. The van der Waals surface area contributed by atoms with Crippen LogP contribution in [0.1, 0.15) is 75.3 Å². The topological polar surface area (TPSA) is 144 Å². The van der Waals surface area contributed by atoms with Gasteiger partial charge in [0, 0.05) is 28.7 Å². The van der Waals surface area contributed by atoms with E-state index in [4.69, 9.17) is 18.7 Å². The number of nitrogens with zero attached hydrogens (tertiary/aromatic N) is 2. The zero-order valence-corrected chi connectivity index (χ0v) is 29.5. The highest BCUT2D eigenvalue weighted by atomic mass is 19.4. The normalized spacial score (nSPS) is 24.9. The van der Waals surface area contributed by atoms with E-state index < -0.39 is 59.0 Å². The lowest BCUT2D eigenvalue weighted by atomic mass is 9.57. The minimum Gasteiger partial charge on any atom is -0.507 e. The van der Waals surface area contributed by atoms with Gasteiger partial charge in [0.2, 0.25) is 11.6 Å². The van der Waals surface area contributed by atoms with E-state index in [1.807, 2.05) is 60.7 Å². The molecule has 5 atom stereocenters. The molecule has 0 bridgehead atoms. The summed E-state index contributed by atoms with van der Waals surface area (Å²) >= 11 is 0. The Morgan fingerprint density at radius 1 is 0.981 bits per heavy atom. The number of aromatic nitrogens is 1. The molecule has 0 amide bonds. The molecule has 1 saturated heterocycles. The molecule has 0 radical (unpaired) electrons. The number of ketones is 2. The van der Waals surface area contributed by atoms with Crippen molar-refractivity contribution in [2.75, 3.05) is 20.6 Å². The number of rotatable bonds is 9. The van der Waals surface area contributed by atoms with Crippen molar-refractivity contribution < 1.29 is 51.7 Å². The standard InChI is InChI=1S/C40H38F3N3O8/c1-46(2)32-26-17-23-16-25-30(28(51-19-21-10-5-3-6-11-21)18-24(27-14-9-15-44-27)34(25)53-40(41,42)43)33(47)29(23)36(48)39(26,50)37(49)31-35(32)54-45-38(31)52-20-22-12-7-4-8-13-22/h3-8,10-13,18,23,26-27,32,44,47,50H,9,14-17,19-20H2,1-2H3/t23-,26-,27?,32-,39-/m0/s1. The van der Waals surface area contributed by atoms with Gasteiger partial charge < -0.3 is 34.3 Å². The fourth-order valence-electron chi connectivity index (χ4n) is 8.60. The first-order valence-corrected chi connectivity index (χ1v) is 17.8. The predicted octanol–water partition coefficient (Wildman–Crippen LogP) is 6.42. The van der Waals surface area contributed by atoms with Crippen molar-refractivity contribution in [2.45, 2.75) is 62.9 Å². The van der Waals surface area contributed by atoms with Crippen molar-refractivity contribution in [2.24, 2.45) is 11.8 Å². The molecule has 2 fully saturated rings. The predicted molar refractivity (Wildman–Crippen MR) is 187 cm³/mol. The first kappa shape index (κ1) is 35.8. The lowest BCUT2D eigenvalue weighted by Gasteiger charge is -2.49. The van der Waals surface area contributed by atoms with E-state index in [-0.39, 0.29) is 71.3 Å².